The Morgan fingerprint density at radius 2 is 1.88 bits per heavy atom. The number of aromatic nitrogens is 1. The molecule has 2 saturated heterocycles. The maximum absolute atomic E-state index is 13.7. The van der Waals surface area contributed by atoms with Crippen molar-refractivity contribution in [2.75, 3.05) is 19.8 Å². The maximum Gasteiger partial charge on any atom is 0.416 e. The molecular weight excluding hydrogens is 571 g/mol. The molecule has 8 nitrogen and oxygen atoms in total. The van der Waals surface area contributed by atoms with Crippen molar-refractivity contribution in [3.8, 4) is 5.75 Å². The molecule has 1 aromatic heterocycles. The van der Waals surface area contributed by atoms with E-state index in [0.717, 1.165) is 35.9 Å². The normalized spacial score (nSPS) is 22.2. The Bertz CT molecular complexity index is 1380. The van der Waals surface area contributed by atoms with Crippen LogP contribution in [-0.4, -0.2) is 58.0 Å². The number of carbonyl (C=O) groups is 2. The number of likely N-dealkylation sites (tertiary alicyclic amines) is 1. The molecule has 2 aliphatic rings. The molecular formula is C30H40F3N3O5S. The van der Waals surface area contributed by atoms with Crippen LogP contribution in [0.25, 0.3) is 0 Å². The number of nitrogens with zero attached hydrogens (tertiary/aromatic N) is 3. The summed E-state index contributed by atoms with van der Waals surface area (Å²) in [5, 5.41) is 9.90. The van der Waals surface area contributed by atoms with Crippen LogP contribution in [0.3, 0.4) is 0 Å². The number of hydrogen-bond acceptors (Lipinski definition) is 5. The fourth-order valence-electron chi connectivity index (χ4n) is 5.60. The van der Waals surface area contributed by atoms with Crippen molar-refractivity contribution in [1.29, 1.82) is 0 Å². The van der Waals surface area contributed by atoms with Gasteiger partial charge in [0.2, 0.25) is 0 Å². The highest BCUT2D eigenvalue weighted by Gasteiger charge is 2.52. The zero-order valence-corrected chi connectivity index (χ0v) is 25.8. The van der Waals surface area contributed by atoms with Gasteiger partial charge in [-0.05, 0) is 54.7 Å². The van der Waals surface area contributed by atoms with E-state index >= 15 is 0 Å². The average Bonchev–Trinajstić information content (AvgIpc) is 3.62. The molecule has 0 aliphatic carbocycles. The van der Waals surface area contributed by atoms with Crippen molar-refractivity contribution in [2.24, 2.45) is 10.4 Å². The fraction of sp³-hybridized carbons (Fsp3) is 0.633. The highest BCUT2D eigenvalue weighted by molar-refractivity contribution is 7.09. The van der Waals surface area contributed by atoms with Crippen molar-refractivity contribution in [2.45, 2.75) is 97.0 Å². The van der Waals surface area contributed by atoms with Crippen LogP contribution in [0.4, 0.5) is 18.0 Å². The van der Waals surface area contributed by atoms with Gasteiger partial charge in [-0.15, -0.1) is 11.3 Å². The fourth-order valence-corrected chi connectivity index (χ4v) is 6.66. The quantitative estimate of drug-likeness (QED) is 0.391. The van der Waals surface area contributed by atoms with Gasteiger partial charge in [-0.1, -0.05) is 41.5 Å². The minimum absolute atomic E-state index is 0.0360. The van der Waals surface area contributed by atoms with Crippen LogP contribution in [0, 0.1) is 5.41 Å². The van der Waals surface area contributed by atoms with E-state index in [1.807, 2.05) is 52.3 Å². The summed E-state index contributed by atoms with van der Waals surface area (Å²) in [7, 11) is 0. The van der Waals surface area contributed by atoms with Crippen molar-refractivity contribution in [3.63, 3.8) is 0 Å². The molecule has 0 radical (unpaired) electrons. The topological polar surface area (TPSA) is 93.4 Å². The second-order valence-corrected chi connectivity index (χ2v) is 14.2. The number of carbonyl (C=O) groups excluding carboxylic acids is 1. The lowest BCUT2D eigenvalue weighted by atomic mass is 9.72. The summed E-state index contributed by atoms with van der Waals surface area (Å²) in [6, 6.07) is 2.74. The van der Waals surface area contributed by atoms with E-state index in [9.17, 15) is 27.9 Å². The summed E-state index contributed by atoms with van der Waals surface area (Å²) >= 11 is 1.31. The van der Waals surface area contributed by atoms with Gasteiger partial charge in [0.05, 0.1) is 29.3 Å². The summed E-state index contributed by atoms with van der Waals surface area (Å²) in [5.41, 5.74) is -3.04. The Kier molecular flexibility index (Phi) is 8.91. The van der Waals surface area contributed by atoms with Gasteiger partial charge in [-0.3, -0.25) is 9.69 Å². The third kappa shape index (κ3) is 6.69. The Morgan fingerprint density at radius 1 is 1.17 bits per heavy atom. The first-order valence-electron chi connectivity index (χ1n) is 14.2. The predicted octanol–water partition coefficient (Wildman–Crippen LogP) is 6.72. The number of rotatable bonds is 6. The number of ether oxygens (including phenoxy) is 2. The molecule has 1 N–H and O–H groups in total. The van der Waals surface area contributed by atoms with Gasteiger partial charge < -0.3 is 19.1 Å². The van der Waals surface area contributed by atoms with Gasteiger partial charge in [-0.2, -0.15) is 18.2 Å². The Labute approximate surface area is 248 Å². The summed E-state index contributed by atoms with van der Waals surface area (Å²) < 4.78 is 54.9. The first-order valence-corrected chi connectivity index (χ1v) is 15.0. The monoisotopic (exact) mass is 611 g/mol. The number of benzene rings is 1. The molecule has 0 bridgehead atoms. The smallest absolute Gasteiger partial charge is 0.416 e. The van der Waals surface area contributed by atoms with Gasteiger partial charge in [0.15, 0.2) is 4.80 Å². The third-order valence-electron chi connectivity index (χ3n) is 8.20. The number of halogens is 3. The van der Waals surface area contributed by atoms with Gasteiger partial charge in [0, 0.05) is 24.2 Å². The molecule has 4 rings (SSSR count). The number of carboxylic acid groups (broad SMARTS) is 1. The lowest BCUT2D eigenvalue weighted by molar-refractivity contribution is -0.137. The van der Waals surface area contributed by atoms with E-state index in [0.29, 0.717) is 37.3 Å². The van der Waals surface area contributed by atoms with Gasteiger partial charge >= 0.3 is 12.3 Å². The number of hydrogen-bond donors (Lipinski definition) is 1. The van der Waals surface area contributed by atoms with Gasteiger partial charge in [0.25, 0.3) is 5.91 Å². The van der Waals surface area contributed by atoms with E-state index in [1.54, 1.807) is 0 Å². The molecule has 42 heavy (non-hydrogen) atoms. The highest BCUT2D eigenvalue weighted by atomic mass is 32.1. The Morgan fingerprint density at radius 3 is 2.45 bits per heavy atom. The van der Waals surface area contributed by atoms with Gasteiger partial charge in [0.1, 0.15) is 12.4 Å². The van der Waals surface area contributed by atoms with Crippen molar-refractivity contribution in [1.82, 2.24) is 9.47 Å². The van der Waals surface area contributed by atoms with Crippen molar-refractivity contribution in [3.05, 3.63) is 45.2 Å². The molecule has 0 saturated carbocycles. The lowest BCUT2D eigenvalue weighted by Gasteiger charge is -2.46. The molecule has 2 aliphatic heterocycles. The maximum atomic E-state index is 13.7. The minimum Gasteiger partial charge on any atom is -0.490 e. The molecule has 1 aromatic carbocycles. The van der Waals surface area contributed by atoms with Crippen molar-refractivity contribution < 1.29 is 37.3 Å². The summed E-state index contributed by atoms with van der Waals surface area (Å²) in [5.74, 6) is -0.943. The second-order valence-electron chi connectivity index (χ2n) is 13.1. The Hall–Kier alpha value is -2.86. The summed E-state index contributed by atoms with van der Waals surface area (Å²) in [4.78, 5) is 32.7. The zero-order valence-electron chi connectivity index (χ0n) is 25.0. The Balaban J connectivity index is 1.76. The summed E-state index contributed by atoms with van der Waals surface area (Å²) in [6.07, 6.45) is -0.934. The molecule has 2 fully saturated rings. The van der Waals surface area contributed by atoms with E-state index in [2.05, 4.69) is 4.99 Å². The molecule has 2 atom stereocenters. The number of thiazole rings is 1. The van der Waals surface area contributed by atoms with Crippen LogP contribution in [0.1, 0.15) is 88.0 Å². The van der Waals surface area contributed by atoms with Crippen LogP contribution in [0.15, 0.2) is 29.4 Å². The first-order chi connectivity index (χ1) is 19.4. The standard InChI is InChI=1S/C30H40F3N3O5S/c1-27(2,3)23-17-35(16-20-9-7-14-40-20)25(42-23)34-24(37)21-15-19(30(31,32)33)10-11-22(21)41-18-29(28(4,5)6)12-8-13-36(29)26(38)39/h10-11,15,17,20H,7-9,12-14,16,18H2,1-6H3,(H,38,39)/t20-,29+/m1/s1. The molecule has 2 amide bonds. The minimum atomic E-state index is -4.69. The van der Waals surface area contributed by atoms with Crippen LogP contribution < -0.4 is 9.54 Å². The largest absolute Gasteiger partial charge is 0.490 e. The first kappa shape index (κ1) is 32.1. The van der Waals surface area contributed by atoms with Crippen LogP contribution in [0.5, 0.6) is 5.75 Å². The summed E-state index contributed by atoms with van der Waals surface area (Å²) in [6.45, 7) is 13.2. The average molecular weight is 612 g/mol. The number of alkyl halides is 3. The van der Waals surface area contributed by atoms with E-state index in [4.69, 9.17) is 9.47 Å². The van der Waals surface area contributed by atoms with E-state index in [1.165, 1.54) is 16.2 Å². The molecule has 0 unspecified atom stereocenters. The van der Waals surface area contributed by atoms with Crippen LogP contribution in [-0.2, 0) is 22.9 Å². The van der Waals surface area contributed by atoms with Gasteiger partial charge in [-0.25, -0.2) is 4.79 Å². The zero-order chi connectivity index (χ0) is 31.1. The SMILES string of the molecule is CC(C)(C)c1cn(C[C@H]2CCCO2)c(=NC(=O)c2cc(C(F)(F)F)ccc2OC[C@]2(C(C)(C)C)CCCN2C(=O)O)s1. The second kappa shape index (κ2) is 11.7. The lowest BCUT2D eigenvalue weighted by Crippen LogP contribution is -2.58. The molecule has 3 heterocycles. The number of amides is 2. The molecule has 12 heteroatoms. The van der Waals surface area contributed by atoms with Crippen LogP contribution >= 0.6 is 11.3 Å². The van der Waals surface area contributed by atoms with Crippen LogP contribution in [0.2, 0.25) is 0 Å². The molecule has 0 spiro atoms. The van der Waals surface area contributed by atoms with E-state index < -0.39 is 34.7 Å². The third-order valence-corrected chi connectivity index (χ3v) is 9.65. The van der Waals surface area contributed by atoms with Crippen molar-refractivity contribution >= 4 is 23.3 Å². The molecule has 232 valence electrons. The highest BCUT2D eigenvalue weighted by Crippen LogP contribution is 2.44. The predicted molar refractivity (Wildman–Crippen MR) is 153 cm³/mol. The molecule has 2 aromatic rings. The van der Waals surface area contributed by atoms with E-state index in [-0.39, 0.29) is 29.4 Å².